The van der Waals surface area contributed by atoms with Crippen molar-refractivity contribution in [1.82, 2.24) is 10.6 Å². The zero-order chi connectivity index (χ0) is 15.1. The minimum atomic E-state index is -0.477. The summed E-state index contributed by atoms with van der Waals surface area (Å²) in [7, 11) is 0. The van der Waals surface area contributed by atoms with Crippen LogP contribution < -0.4 is 10.6 Å². The highest BCUT2D eigenvalue weighted by molar-refractivity contribution is 6.31. The maximum atomic E-state index is 11.5. The van der Waals surface area contributed by atoms with Gasteiger partial charge in [0, 0.05) is 30.2 Å². The maximum Gasteiger partial charge on any atom is 0.269 e. The zero-order valence-corrected chi connectivity index (χ0v) is 12.2. The van der Waals surface area contributed by atoms with Crippen molar-refractivity contribution >= 4 is 23.2 Å². The number of non-ortho nitro benzene ring substituents is 1. The number of hydrogen-bond acceptors (Lipinski definition) is 4. The molecule has 0 heterocycles. The fourth-order valence-electron chi connectivity index (χ4n) is 1.50. The molecule has 6 nitrogen and oxygen atoms in total. The summed E-state index contributed by atoms with van der Waals surface area (Å²) < 4.78 is 0. The second kappa shape index (κ2) is 7.81. The van der Waals surface area contributed by atoms with Crippen LogP contribution in [0.2, 0.25) is 5.02 Å². The first-order chi connectivity index (χ1) is 9.40. The molecule has 0 aliphatic heterocycles. The minimum absolute atomic E-state index is 0.0181. The van der Waals surface area contributed by atoms with Gasteiger partial charge in [-0.3, -0.25) is 14.9 Å². The van der Waals surface area contributed by atoms with Gasteiger partial charge in [-0.1, -0.05) is 25.4 Å². The monoisotopic (exact) mass is 299 g/mol. The van der Waals surface area contributed by atoms with E-state index in [1.807, 2.05) is 13.8 Å². The molecule has 0 radical (unpaired) electrons. The van der Waals surface area contributed by atoms with Gasteiger partial charge < -0.3 is 10.6 Å². The van der Waals surface area contributed by atoms with Crippen molar-refractivity contribution in [3.8, 4) is 0 Å². The van der Waals surface area contributed by atoms with Gasteiger partial charge in [0.25, 0.3) is 5.69 Å². The van der Waals surface area contributed by atoms with Gasteiger partial charge in [-0.2, -0.15) is 0 Å². The second-order valence-electron chi connectivity index (χ2n) is 4.83. The van der Waals surface area contributed by atoms with Crippen LogP contribution in [0.25, 0.3) is 0 Å². The third-order valence-corrected chi connectivity index (χ3v) is 2.92. The molecule has 20 heavy (non-hydrogen) atoms. The number of nitro benzene ring substituents is 1. The normalized spacial score (nSPS) is 10.6. The molecule has 0 unspecified atom stereocenters. The van der Waals surface area contributed by atoms with Crippen LogP contribution in [-0.4, -0.2) is 23.9 Å². The average molecular weight is 300 g/mol. The van der Waals surface area contributed by atoms with Gasteiger partial charge in [0.05, 0.1) is 11.5 Å². The first kappa shape index (κ1) is 16.4. The Kier molecular flexibility index (Phi) is 6.41. The standard InChI is InChI=1S/C13H18ClN3O3/c1-9(2)6-16-13(18)8-15-7-10-5-11(17(19)20)3-4-12(10)14/h3-5,9,15H,6-8H2,1-2H3,(H,16,18). The van der Waals surface area contributed by atoms with Gasteiger partial charge in [-0.15, -0.1) is 0 Å². The summed E-state index contributed by atoms with van der Waals surface area (Å²) in [6.45, 7) is 5.09. The van der Waals surface area contributed by atoms with Crippen molar-refractivity contribution in [2.45, 2.75) is 20.4 Å². The summed E-state index contributed by atoms with van der Waals surface area (Å²) in [5, 5.41) is 16.8. The highest BCUT2D eigenvalue weighted by atomic mass is 35.5. The summed E-state index contributed by atoms with van der Waals surface area (Å²) in [5.74, 6) is 0.283. The van der Waals surface area contributed by atoms with Crippen LogP contribution in [0.15, 0.2) is 18.2 Å². The number of nitro groups is 1. The number of amides is 1. The summed E-state index contributed by atoms with van der Waals surface area (Å²) in [5.41, 5.74) is 0.577. The van der Waals surface area contributed by atoms with Gasteiger partial charge in [-0.05, 0) is 17.5 Å². The molecule has 0 aliphatic rings. The molecule has 0 atom stereocenters. The minimum Gasteiger partial charge on any atom is -0.355 e. The molecular weight excluding hydrogens is 282 g/mol. The molecule has 0 aliphatic carbocycles. The lowest BCUT2D eigenvalue weighted by Crippen LogP contribution is -2.35. The fraction of sp³-hybridized carbons (Fsp3) is 0.462. The van der Waals surface area contributed by atoms with Crippen molar-refractivity contribution in [2.75, 3.05) is 13.1 Å². The maximum absolute atomic E-state index is 11.5. The zero-order valence-electron chi connectivity index (χ0n) is 11.5. The van der Waals surface area contributed by atoms with E-state index in [4.69, 9.17) is 11.6 Å². The SMILES string of the molecule is CC(C)CNC(=O)CNCc1cc([N+](=O)[O-])ccc1Cl. The number of benzene rings is 1. The summed E-state index contributed by atoms with van der Waals surface area (Å²) in [6, 6.07) is 4.23. The Hall–Kier alpha value is -1.66. The number of carbonyl (C=O) groups excluding carboxylic acids is 1. The van der Waals surface area contributed by atoms with Crippen LogP contribution in [0.3, 0.4) is 0 Å². The molecule has 0 saturated carbocycles. The molecule has 0 aromatic heterocycles. The predicted octanol–water partition coefficient (Wildman–Crippen LogP) is 2.11. The molecule has 0 bridgehead atoms. The molecule has 1 rings (SSSR count). The first-order valence-electron chi connectivity index (χ1n) is 6.30. The van der Waals surface area contributed by atoms with Crippen LogP contribution in [0.1, 0.15) is 19.4 Å². The van der Waals surface area contributed by atoms with E-state index >= 15 is 0 Å². The molecule has 0 spiro atoms. The molecule has 1 aromatic carbocycles. The van der Waals surface area contributed by atoms with Crippen molar-refractivity contribution in [3.63, 3.8) is 0 Å². The number of nitrogens with zero attached hydrogens (tertiary/aromatic N) is 1. The van der Waals surface area contributed by atoms with E-state index in [0.29, 0.717) is 29.6 Å². The van der Waals surface area contributed by atoms with Crippen molar-refractivity contribution in [2.24, 2.45) is 5.92 Å². The molecule has 1 amide bonds. The van der Waals surface area contributed by atoms with Gasteiger partial charge in [0.2, 0.25) is 5.91 Å². The Morgan fingerprint density at radius 3 is 2.75 bits per heavy atom. The van der Waals surface area contributed by atoms with E-state index in [2.05, 4.69) is 10.6 Å². The van der Waals surface area contributed by atoms with E-state index in [9.17, 15) is 14.9 Å². The predicted molar refractivity (Wildman–Crippen MR) is 77.7 cm³/mol. The summed E-state index contributed by atoms with van der Waals surface area (Å²) in [6.07, 6.45) is 0. The van der Waals surface area contributed by atoms with Crippen molar-refractivity contribution < 1.29 is 9.72 Å². The van der Waals surface area contributed by atoms with E-state index in [1.54, 1.807) is 0 Å². The van der Waals surface area contributed by atoms with E-state index in [1.165, 1.54) is 18.2 Å². The van der Waals surface area contributed by atoms with Gasteiger partial charge in [-0.25, -0.2) is 0 Å². The summed E-state index contributed by atoms with van der Waals surface area (Å²) in [4.78, 5) is 21.7. The van der Waals surface area contributed by atoms with Gasteiger partial charge in [0.15, 0.2) is 0 Å². The molecule has 1 aromatic rings. The van der Waals surface area contributed by atoms with Crippen molar-refractivity contribution in [1.29, 1.82) is 0 Å². The third-order valence-electron chi connectivity index (χ3n) is 2.55. The Morgan fingerprint density at radius 1 is 1.45 bits per heavy atom. The number of hydrogen-bond donors (Lipinski definition) is 2. The van der Waals surface area contributed by atoms with Crippen LogP contribution >= 0.6 is 11.6 Å². The van der Waals surface area contributed by atoms with E-state index < -0.39 is 4.92 Å². The Labute approximate surface area is 122 Å². The molecule has 7 heteroatoms. The molecule has 0 saturated heterocycles. The lowest BCUT2D eigenvalue weighted by atomic mass is 10.2. The van der Waals surface area contributed by atoms with Gasteiger partial charge >= 0.3 is 0 Å². The summed E-state index contributed by atoms with van der Waals surface area (Å²) >= 11 is 5.96. The molecular formula is C13H18ClN3O3. The van der Waals surface area contributed by atoms with E-state index in [-0.39, 0.29) is 18.1 Å². The van der Waals surface area contributed by atoms with E-state index in [0.717, 1.165) is 0 Å². The van der Waals surface area contributed by atoms with Gasteiger partial charge in [0.1, 0.15) is 0 Å². The quantitative estimate of drug-likeness (QED) is 0.596. The lowest BCUT2D eigenvalue weighted by molar-refractivity contribution is -0.384. The number of carbonyl (C=O) groups is 1. The molecule has 2 N–H and O–H groups in total. The largest absolute Gasteiger partial charge is 0.355 e. The van der Waals surface area contributed by atoms with Crippen LogP contribution in [-0.2, 0) is 11.3 Å². The smallest absolute Gasteiger partial charge is 0.269 e. The third kappa shape index (κ3) is 5.54. The molecule has 110 valence electrons. The number of nitrogens with one attached hydrogen (secondary N) is 2. The first-order valence-corrected chi connectivity index (χ1v) is 6.68. The second-order valence-corrected chi connectivity index (χ2v) is 5.24. The lowest BCUT2D eigenvalue weighted by Gasteiger charge is -2.09. The Morgan fingerprint density at radius 2 is 2.15 bits per heavy atom. The van der Waals surface area contributed by atoms with Crippen molar-refractivity contribution in [3.05, 3.63) is 38.9 Å². The Bertz CT molecular complexity index is 492. The highest BCUT2D eigenvalue weighted by Crippen LogP contribution is 2.21. The van der Waals surface area contributed by atoms with Crippen LogP contribution in [0.4, 0.5) is 5.69 Å². The average Bonchev–Trinajstić information content (AvgIpc) is 2.38. The van der Waals surface area contributed by atoms with Crippen LogP contribution in [0, 0.1) is 16.0 Å². The topological polar surface area (TPSA) is 84.3 Å². The van der Waals surface area contributed by atoms with Crippen LogP contribution in [0.5, 0.6) is 0 Å². The Balaban J connectivity index is 2.47. The number of rotatable bonds is 7. The number of halogens is 1. The highest BCUT2D eigenvalue weighted by Gasteiger charge is 2.10. The molecule has 0 fully saturated rings. The fourth-order valence-corrected chi connectivity index (χ4v) is 1.69.